The van der Waals surface area contributed by atoms with Gasteiger partial charge in [-0.05, 0) is 26.7 Å². The van der Waals surface area contributed by atoms with Gasteiger partial charge < -0.3 is 20.4 Å². The van der Waals surface area contributed by atoms with Crippen molar-refractivity contribution in [2.24, 2.45) is 0 Å². The smallest absolute Gasteiger partial charge is 0.219 e. The molecule has 0 aromatic carbocycles. The molecule has 0 amide bonds. The van der Waals surface area contributed by atoms with Crippen LogP contribution in [-0.2, 0) is 16.9 Å². The molecule has 9 nitrogen and oxygen atoms in total. The number of fused-ring (bicyclic) bond motifs is 3. The highest BCUT2D eigenvalue weighted by molar-refractivity contribution is 5.86. The number of rotatable bonds is 3. The van der Waals surface area contributed by atoms with Crippen molar-refractivity contribution in [1.82, 2.24) is 29.5 Å². The quantitative estimate of drug-likeness (QED) is 0.712. The second-order valence-corrected chi connectivity index (χ2v) is 7.97. The van der Waals surface area contributed by atoms with Crippen LogP contribution in [0.2, 0.25) is 0 Å². The zero-order valence-electron chi connectivity index (χ0n) is 16.1. The van der Waals surface area contributed by atoms with Crippen molar-refractivity contribution < 1.29 is 4.74 Å². The number of hydrogen-bond donors (Lipinski definition) is 2. The fourth-order valence-electron chi connectivity index (χ4n) is 4.08. The van der Waals surface area contributed by atoms with Gasteiger partial charge in [-0.3, -0.25) is 0 Å². The molecule has 1 fully saturated rings. The molecule has 0 bridgehead atoms. The number of imidazole rings is 1. The van der Waals surface area contributed by atoms with Gasteiger partial charge in [0.05, 0.1) is 12.2 Å². The molecule has 3 aromatic rings. The van der Waals surface area contributed by atoms with Crippen LogP contribution in [-0.4, -0.2) is 42.1 Å². The number of ether oxygens (including phenoxy) is 1. The molecule has 0 unspecified atom stereocenters. The Bertz CT molecular complexity index is 1020. The molecular weight excluding hydrogens is 356 g/mol. The predicted octanol–water partition coefficient (Wildman–Crippen LogP) is 2.49. The number of nitrogens with zero attached hydrogens (tertiary/aromatic N) is 6. The van der Waals surface area contributed by atoms with Gasteiger partial charge in [0.25, 0.3) is 0 Å². The number of hydrogen-bond acceptors (Lipinski definition) is 8. The minimum Gasteiger partial charge on any atom is -0.368 e. The van der Waals surface area contributed by atoms with E-state index in [1.165, 1.54) is 12.8 Å². The normalized spacial score (nSPS) is 19.1. The van der Waals surface area contributed by atoms with E-state index in [0.717, 1.165) is 41.2 Å². The van der Waals surface area contributed by atoms with Crippen molar-refractivity contribution >= 4 is 22.9 Å². The lowest BCUT2D eigenvalue weighted by Crippen LogP contribution is -2.33. The first-order valence-corrected chi connectivity index (χ1v) is 9.78. The molecule has 1 aliphatic carbocycles. The Hall–Kier alpha value is -2.81. The van der Waals surface area contributed by atoms with Crippen molar-refractivity contribution in [2.45, 2.75) is 57.7 Å². The first-order chi connectivity index (χ1) is 13.5. The van der Waals surface area contributed by atoms with Crippen molar-refractivity contribution in [3.8, 4) is 11.4 Å². The van der Waals surface area contributed by atoms with Crippen LogP contribution < -0.4 is 11.1 Å². The molecule has 0 atom stereocenters. The Morgan fingerprint density at radius 3 is 2.64 bits per heavy atom. The van der Waals surface area contributed by atoms with Crippen LogP contribution in [0.4, 0.5) is 11.8 Å². The van der Waals surface area contributed by atoms with E-state index in [4.69, 9.17) is 25.4 Å². The van der Waals surface area contributed by atoms with Crippen LogP contribution in [0.25, 0.3) is 22.6 Å². The van der Waals surface area contributed by atoms with Gasteiger partial charge in [-0.25, -0.2) is 24.9 Å². The van der Waals surface area contributed by atoms with Crippen LogP contribution in [0.3, 0.4) is 0 Å². The molecule has 0 radical (unpaired) electrons. The van der Waals surface area contributed by atoms with Gasteiger partial charge in [-0.1, -0.05) is 12.8 Å². The highest BCUT2D eigenvalue weighted by atomic mass is 16.5. The lowest BCUT2D eigenvalue weighted by atomic mass is 10.1. The van der Waals surface area contributed by atoms with Gasteiger partial charge in [0.15, 0.2) is 22.8 Å². The third-order valence-electron chi connectivity index (χ3n) is 5.54. The lowest BCUT2D eigenvalue weighted by Gasteiger charge is -2.30. The summed E-state index contributed by atoms with van der Waals surface area (Å²) in [5.74, 6) is 2.44. The average Bonchev–Trinajstić information content (AvgIpc) is 3.31. The van der Waals surface area contributed by atoms with E-state index in [9.17, 15) is 0 Å². The van der Waals surface area contributed by atoms with Gasteiger partial charge in [0.2, 0.25) is 5.95 Å². The number of anilines is 2. The largest absolute Gasteiger partial charge is 0.368 e. The van der Waals surface area contributed by atoms with Crippen molar-refractivity contribution in [2.75, 3.05) is 17.7 Å². The fourth-order valence-corrected chi connectivity index (χ4v) is 4.08. The number of aromatic nitrogens is 6. The molecule has 4 heterocycles. The maximum atomic E-state index is 5.94. The van der Waals surface area contributed by atoms with Gasteiger partial charge in [0, 0.05) is 25.0 Å². The standard InChI is InChI=1S/C19H24N8O/c1-19(2)17-24-13-15(23-12-5-3-4-6-12)25-14(11-9-21-18(20)22-10-11)26-16(13)27(17)7-8-28-19/h9-10,12H,3-8H2,1-2H3,(H2,20,21,22)(H,23,25,26). The number of nitrogens with two attached hydrogens (primary N) is 1. The Balaban J connectivity index is 1.70. The summed E-state index contributed by atoms with van der Waals surface area (Å²) in [6.45, 7) is 5.42. The summed E-state index contributed by atoms with van der Waals surface area (Å²) >= 11 is 0. The van der Waals surface area contributed by atoms with Crippen LogP contribution in [0.1, 0.15) is 45.4 Å². The number of nitrogen functional groups attached to an aromatic ring is 1. The Labute approximate surface area is 162 Å². The van der Waals surface area contributed by atoms with E-state index in [0.29, 0.717) is 25.0 Å². The maximum absolute atomic E-state index is 5.94. The van der Waals surface area contributed by atoms with Gasteiger partial charge in [-0.2, -0.15) is 0 Å². The van der Waals surface area contributed by atoms with E-state index >= 15 is 0 Å². The maximum Gasteiger partial charge on any atom is 0.219 e. The third kappa shape index (κ3) is 2.86. The summed E-state index contributed by atoms with van der Waals surface area (Å²) in [4.78, 5) is 22.7. The minimum atomic E-state index is -0.464. The van der Waals surface area contributed by atoms with Crippen LogP contribution in [0.15, 0.2) is 12.4 Å². The molecule has 28 heavy (non-hydrogen) atoms. The molecule has 9 heteroatoms. The topological polar surface area (TPSA) is 117 Å². The van der Waals surface area contributed by atoms with Crippen LogP contribution in [0.5, 0.6) is 0 Å². The second-order valence-electron chi connectivity index (χ2n) is 7.97. The Morgan fingerprint density at radius 1 is 1.14 bits per heavy atom. The molecule has 3 aromatic heterocycles. The first kappa shape index (κ1) is 17.3. The van der Waals surface area contributed by atoms with Crippen molar-refractivity contribution in [3.63, 3.8) is 0 Å². The summed E-state index contributed by atoms with van der Waals surface area (Å²) in [6.07, 6.45) is 8.09. The zero-order chi connectivity index (χ0) is 19.3. The van der Waals surface area contributed by atoms with E-state index < -0.39 is 5.60 Å². The third-order valence-corrected chi connectivity index (χ3v) is 5.54. The predicted molar refractivity (Wildman–Crippen MR) is 106 cm³/mol. The second kappa shape index (κ2) is 6.37. The van der Waals surface area contributed by atoms with E-state index in [1.807, 2.05) is 13.8 Å². The van der Waals surface area contributed by atoms with Crippen LogP contribution in [0, 0.1) is 0 Å². The highest BCUT2D eigenvalue weighted by Gasteiger charge is 2.34. The zero-order valence-corrected chi connectivity index (χ0v) is 16.1. The SMILES string of the molecule is CC1(C)OCCn2c1nc1c(NC3CCCC3)nc(-c3cnc(N)nc3)nc12. The van der Waals surface area contributed by atoms with Gasteiger partial charge in [0.1, 0.15) is 11.4 Å². The molecule has 0 spiro atoms. The Morgan fingerprint density at radius 2 is 1.89 bits per heavy atom. The van der Waals surface area contributed by atoms with Crippen molar-refractivity contribution in [3.05, 3.63) is 18.2 Å². The van der Waals surface area contributed by atoms with E-state index in [1.54, 1.807) is 12.4 Å². The molecule has 3 N–H and O–H groups in total. The van der Waals surface area contributed by atoms with E-state index in [-0.39, 0.29) is 5.95 Å². The summed E-state index contributed by atoms with van der Waals surface area (Å²) in [5.41, 5.74) is 7.51. The van der Waals surface area contributed by atoms with Crippen molar-refractivity contribution in [1.29, 1.82) is 0 Å². The number of nitrogens with one attached hydrogen (secondary N) is 1. The molecule has 0 saturated heterocycles. The summed E-state index contributed by atoms with van der Waals surface area (Å²) in [7, 11) is 0. The molecule has 146 valence electrons. The minimum absolute atomic E-state index is 0.231. The molecule has 2 aliphatic rings. The summed E-state index contributed by atoms with van der Waals surface area (Å²) in [5, 5.41) is 3.61. The monoisotopic (exact) mass is 380 g/mol. The first-order valence-electron chi connectivity index (χ1n) is 9.78. The molecule has 1 aliphatic heterocycles. The molecular formula is C19H24N8O. The van der Waals surface area contributed by atoms with Gasteiger partial charge in [-0.15, -0.1) is 0 Å². The highest BCUT2D eigenvalue weighted by Crippen LogP contribution is 2.34. The lowest BCUT2D eigenvalue weighted by molar-refractivity contribution is -0.0530. The molecule has 5 rings (SSSR count). The fraction of sp³-hybridized carbons (Fsp3) is 0.526. The summed E-state index contributed by atoms with van der Waals surface area (Å²) in [6, 6.07) is 0.414. The van der Waals surface area contributed by atoms with E-state index in [2.05, 4.69) is 19.9 Å². The molecule has 1 saturated carbocycles. The Kier molecular flexibility index (Phi) is 3.94. The summed E-state index contributed by atoms with van der Waals surface area (Å²) < 4.78 is 8.08. The van der Waals surface area contributed by atoms with Crippen LogP contribution >= 0.6 is 0 Å². The van der Waals surface area contributed by atoms with Gasteiger partial charge >= 0.3 is 0 Å². The average molecular weight is 380 g/mol.